The van der Waals surface area contributed by atoms with Crippen molar-refractivity contribution in [2.24, 2.45) is 0 Å². The number of piperazine rings is 1. The predicted molar refractivity (Wildman–Crippen MR) is 102 cm³/mol. The highest BCUT2D eigenvalue weighted by Crippen LogP contribution is 2.14. The topological polar surface area (TPSA) is 89.3 Å². The van der Waals surface area contributed by atoms with E-state index in [1.54, 1.807) is 40.1 Å². The lowest BCUT2D eigenvalue weighted by Gasteiger charge is -2.35. The number of halogens is 1. The number of hydrogen-bond acceptors (Lipinski definition) is 3. The van der Waals surface area contributed by atoms with Crippen molar-refractivity contribution >= 4 is 22.8 Å². The van der Waals surface area contributed by atoms with Crippen molar-refractivity contribution in [1.82, 2.24) is 19.8 Å². The Bertz CT molecular complexity index is 1080. The molecule has 28 heavy (non-hydrogen) atoms. The first-order valence-corrected chi connectivity index (χ1v) is 9.03. The highest BCUT2D eigenvalue weighted by atomic mass is 19.1. The molecule has 1 fully saturated rings. The van der Waals surface area contributed by atoms with Gasteiger partial charge in [0.05, 0.1) is 17.5 Å². The molecule has 0 atom stereocenters. The van der Waals surface area contributed by atoms with Crippen molar-refractivity contribution < 1.29 is 14.0 Å². The summed E-state index contributed by atoms with van der Waals surface area (Å²) in [6.45, 7) is 1.79. The minimum atomic E-state index is -0.328. The summed E-state index contributed by atoms with van der Waals surface area (Å²) in [6, 6.07) is 10.9. The van der Waals surface area contributed by atoms with E-state index < -0.39 is 0 Å². The lowest BCUT2D eigenvalue weighted by Crippen LogP contribution is -2.51. The van der Waals surface area contributed by atoms with Gasteiger partial charge in [-0.1, -0.05) is 12.1 Å². The van der Waals surface area contributed by atoms with E-state index in [0.29, 0.717) is 42.8 Å². The van der Waals surface area contributed by atoms with Crippen molar-refractivity contribution in [3.05, 3.63) is 69.9 Å². The van der Waals surface area contributed by atoms with Gasteiger partial charge in [-0.15, -0.1) is 0 Å². The van der Waals surface area contributed by atoms with Crippen LogP contribution >= 0.6 is 0 Å². The number of rotatable bonds is 3. The normalized spacial score (nSPS) is 14.5. The van der Waals surface area contributed by atoms with E-state index in [9.17, 15) is 18.8 Å². The van der Waals surface area contributed by atoms with Crippen molar-refractivity contribution in [2.45, 2.75) is 6.42 Å². The van der Waals surface area contributed by atoms with Crippen LogP contribution in [0.4, 0.5) is 4.39 Å². The molecule has 0 unspecified atom stereocenters. The summed E-state index contributed by atoms with van der Waals surface area (Å²) in [4.78, 5) is 45.2. The zero-order valence-electron chi connectivity index (χ0n) is 15.1. The zero-order chi connectivity index (χ0) is 19.7. The summed E-state index contributed by atoms with van der Waals surface area (Å²) < 4.78 is 13.0. The number of nitrogens with zero attached hydrogens (tertiary/aromatic N) is 2. The number of aromatic amines is 2. The average Bonchev–Trinajstić information content (AvgIpc) is 3.08. The second kappa shape index (κ2) is 7.30. The number of aromatic nitrogens is 2. The summed E-state index contributed by atoms with van der Waals surface area (Å²) >= 11 is 0. The highest BCUT2D eigenvalue weighted by Gasteiger charge is 2.25. The lowest BCUT2D eigenvalue weighted by molar-refractivity contribution is -0.131. The van der Waals surface area contributed by atoms with Gasteiger partial charge in [-0.25, -0.2) is 9.18 Å². The Morgan fingerprint density at radius 2 is 1.54 bits per heavy atom. The molecule has 0 saturated carbocycles. The fourth-order valence-corrected chi connectivity index (χ4v) is 3.40. The molecule has 4 rings (SSSR count). The summed E-state index contributed by atoms with van der Waals surface area (Å²) in [5.74, 6) is -0.496. The Morgan fingerprint density at radius 3 is 2.25 bits per heavy atom. The van der Waals surface area contributed by atoms with Crippen LogP contribution in [0.15, 0.2) is 47.3 Å². The zero-order valence-corrected chi connectivity index (χ0v) is 15.1. The number of amides is 2. The van der Waals surface area contributed by atoms with Gasteiger partial charge in [0.15, 0.2) is 0 Å². The molecule has 0 radical (unpaired) electrons. The number of fused-ring (bicyclic) bond motifs is 1. The molecule has 3 aromatic rings. The standard InChI is InChI=1S/C20H19FN4O3/c21-15-4-1-13(2-5-15)11-18(26)24-7-9-25(10-8-24)19(27)14-3-6-16-17(12-14)23-20(28)22-16/h1-6,12H,7-11H2,(H2,22,23,28). The van der Waals surface area contributed by atoms with Gasteiger partial charge < -0.3 is 19.8 Å². The summed E-state index contributed by atoms with van der Waals surface area (Å²) in [7, 11) is 0. The largest absolute Gasteiger partial charge is 0.339 e. The Kier molecular flexibility index (Phi) is 4.68. The number of benzene rings is 2. The van der Waals surface area contributed by atoms with Gasteiger partial charge in [0.25, 0.3) is 5.91 Å². The van der Waals surface area contributed by atoms with E-state index in [4.69, 9.17) is 0 Å². The fourth-order valence-electron chi connectivity index (χ4n) is 3.40. The number of carbonyl (C=O) groups is 2. The number of hydrogen-bond donors (Lipinski definition) is 2. The first-order valence-electron chi connectivity index (χ1n) is 9.03. The van der Waals surface area contributed by atoms with E-state index in [-0.39, 0.29) is 29.7 Å². The molecule has 2 heterocycles. The Morgan fingerprint density at radius 1 is 0.893 bits per heavy atom. The summed E-state index contributed by atoms with van der Waals surface area (Å²) in [5, 5.41) is 0. The number of imidazole rings is 1. The SMILES string of the molecule is O=C(Cc1ccc(F)cc1)N1CCN(C(=O)c2ccc3[nH]c(=O)[nH]c3c2)CC1. The maximum absolute atomic E-state index is 13.0. The number of carbonyl (C=O) groups excluding carboxylic acids is 2. The monoisotopic (exact) mass is 382 g/mol. The van der Waals surface area contributed by atoms with Crippen LogP contribution in [0.3, 0.4) is 0 Å². The van der Waals surface area contributed by atoms with Crippen LogP contribution in [-0.4, -0.2) is 57.8 Å². The second-order valence-electron chi connectivity index (χ2n) is 6.82. The summed E-state index contributed by atoms with van der Waals surface area (Å²) in [6.07, 6.45) is 0.214. The van der Waals surface area contributed by atoms with E-state index in [1.165, 1.54) is 12.1 Å². The molecule has 2 N–H and O–H groups in total. The molecule has 8 heteroatoms. The van der Waals surface area contributed by atoms with Crippen LogP contribution < -0.4 is 5.69 Å². The fraction of sp³-hybridized carbons (Fsp3) is 0.250. The van der Waals surface area contributed by atoms with Crippen molar-refractivity contribution in [1.29, 1.82) is 0 Å². The van der Waals surface area contributed by atoms with E-state index in [1.807, 2.05) is 0 Å². The lowest BCUT2D eigenvalue weighted by atomic mass is 10.1. The predicted octanol–water partition coefficient (Wildman–Crippen LogP) is 1.52. The molecule has 0 bridgehead atoms. The maximum Gasteiger partial charge on any atom is 0.323 e. The second-order valence-corrected chi connectivity index (χ2v) is 6.82. The molecule has 2 amide bonds. The highest BCUT2D eigenvalue weighted by molar-refractivity contribution is 5.97. The molecule has 0 aliphatic carbocycles. The molecule has 1 aliphatic rings. The van der Waals surface area contributed by atoms with Crippen LogP contribution in [0.25, 0.3) is 11.0 Å². The van der Waals surface area contributed by atoms with Crippen LogP contribution in [0.2, 0.25) is 0 Å². The Labute approximate surface area is 159 Å². The third-order valence-corrected chi connectivity index (χ3v) is 4.95. The molecule has 1 aromatic heterocycles. The number of H-pyrrole nitrogens is 2. The van der Waals surface area contributed by atoms with Crippen LogP contribution in [0.1, 0.15) is 15.9 Å². The van der Waals surface area contributed by atoms with E-state index in [2.05, 4.69) is 9.97 Å². The van der Waals surface area contributed by atoms with Gasteiger partial charge in [0.2, 0.25) is 5.91 Å². The molecule has 144 valence electrons. The first-order chi connectivity index (χ1) is 13.5. The van der Waals surface area contributed by atoms with Gasteiger partial charge in [0, 0.05) is 31.7 Å². The van der Waals surface area contributed by atoms with Crippen molar-refractivity contribution in [3.8, 4) is 0 Å². The Balaban J connectivity index is 1.37. The third kappa shape index (κ3) is 3.66. The maximum atomic E-state index is 13.0. The third-order valence-electron chi connectivity index (χ3n) is 4.95. The molecule has 0 spiro atoms. The van der Waals surface area contributed by atoms with E-state index in [0.717, 1.165) is 5.56 Å². The molecular weight excluding hydrogens is 363 g/mol. The summed E-state index contributed by atoms with van der Waals surface area (Å²) in [5.41, 5.74) is 2.18. The molecular formula is C20H19FN4O3. The van der Waals surface area contributed by atoms with Crippen molar-refractivity contribution in [3.63, 3.8) is 0 Å². The van der Waals surface area contributed by atoms with Gasteiger partial charge in [-0.2, -0.15) is 0 Å². The minimum Gasteiger partial charge on any atom is -0.339 e. The molecule has 2 aromatic carbocycles. The quantitative estimate of drug-likeness (QED) is 0.720. The minimum absolute atomic E-state index is 0.0370. The van der Waals surface area contributed by atoms with Crippen LogP contribution in [0.5, 0.6) is 0 Å². The van der Waals surface area contributed by atoms with E-state index >= 15 is 0 Å². The average molecular weight is 382 g/mol. The van der Waals surface area contributed by atoms with Gasteiger partial charge in [-0.05, 0) is 35.9 Å². The van der Waals surface area contributed by atoms with Crippen LogP contribution in [-0.2, 0) is 11.2 Å². The smallest absolute Gasteiger partial charge is 0.323 e. The molecule has 1 saturated heterocycles. The number of nitrogens with one attached hydrogen (secondary N) is 2. The van der Waals surface area contributed by atoms with Gasteiger partial charge in [0.1, 0.15) is 5.82 Å². The van der Waals surface area contributed by atoms with Gasteiger partial charge in [-0.3, -0.25) is 9.59 Å². The van der Waals surface area contributed by atoms with Crippen LogP contribution in [0, 0.1) is 5.82 Å². The Hall–Kier alpha value is -3.42. The molecule has 1 aliphatic heterocycles. The van der Waals surface area contributed by atoms with Gasteiger partial charge >= 0.3 is 5.69 Å². The van der Waals surface area contributed by atoms with Crippen molar-refractivity contribution in [2.75, 3.05) is 26.2 Å². The molecule has 7 nitrogen and oxygen atoms in total. The first kappa shape index (κ1) is 18.0.